The average molecular weight is 795 g/mol. The molecule has 326 valence electrons. The zero-order valence-electron chi connectivity index (χ0n) is 36.6. The summed E-state index contributed by atoms with van der Waals surface area (Å²) in [5, 5.41) is 39.7. The standard InChI is InChI=1S/C6H10O2.C6H12O2.C5H11NO.C5H13N.C4H10O2S.C4H10O.C3H6O2.C3H8O.C2H6O/c1-4-2-5(3-4)6(7)8;1-2-3-4-5-6(7)8;1-4-5(7)6(2)3;1-4-5-6(2)3;1-3-4-7(2,5)6;1-3-4-5-2;1-2-3(4)5;1-2-3-4;1-2-3/h4-5H,2-3H2,1H3,(H,7,8);2-5H2,1H3,(H,7,8);4H2,1-3H3;4-5H2,1-3H3;3-4H2,1-2H3;3-4H2,1-2H3;2H2,1H3,(H,4,5);4H,2-3H2,1H3;3H,2H2,1H3. The Hall–Kier alpha value is -2.33. The van der Waals surface area contributed by atoms with Crippen LogP contribution in [0.2, 0.25) is 0 Å². The monoisotopic (exact) mass is 795 g/mol. The molecule has 1 saturated carbocycles. The number of aliphatic hydroxyl groups is 2. The Balaban J connectivity index is -0.0000000726. The molecule has 0 aromatic carbocycles. The minimum Gasteiger partial charge on any atom is -0.481 e. The van der Waals surface area contributed by atoms with Gasteiger partial charge in [-0.25, -0.2) is 8.42 Å². The highest BCUT2D eigenvalue weighted by Crippen LogP contribution is 2.32. The van der Waals surface area contributed by atoms with Crippen LogP contribution in [0.4, 0.5) is 0 Å². The van der Waals surface area contributed by atoms with Gasteiger partial charge in [0.2, 0.25) is 5.91 Å². The summed E-state index contributed by atoms with van der Waals surface area (Å²) in [5.74, 6) is -0.930. The number of hydrogen-bond acceptors (Lipinski definition) is 10. The Kier molecular flexibility index (Phi) is 73.1. The van der Waals surface area contributed by atoms with Gasteiger partial charge in [-0.05, 0) is 78.4 Å². The molecule has 0 aliphatic heterocycles. The van der Waals surface area contributed by atoms with E-state index in [4.69, 9.17) is 30.3 Å². The molecule has 1 fully saturated rings. The van der Waals surface area contributed by atoms with Gasteiger partial charge < -0.3 is 40.1 Å². The van der Waals surface area contributed by atoms with Gasteiger partial charge in [0.1, 0.15) is 9.84 Å². The zero-order chi connectivity index (χ0) is 43.8. The van der Waals surface area contributed by atoms with Crippen LogP contribution >= 0.6 is 0 Å². The molecule has 1 rings (SSSR count). The summed E-state index contributed by atoms with van der Waals surface area (Å²) >= 11 is 0. The van der Waals surface area contributed by atoms with Crippen molar-refractivity contribution in [1.82, 2.24) is 9.80 Å². The van der Waals surface area contributed by atoms with E-state index >= 15 is 0 Å². The van der Waals surface area contributed by atoms with Crippen molar-refractivity contribution in [2.24, 2.45) is 11.8 Å². The van der Waals surface area contributed by atoms with Gasteiger partial charge in [0.25, 0.3) is 0 Å². The first-order valence-corrected chi connectivity index (χ1v) is 21.0. The largest absolute Gasteiger partial charge is 0.481 e. The van der Waals surface area contributed by atoms with Crippen LogP contribution in [0, 0.1) is 11.8 Å². The van der Waals surface area contributed by atoms with Crippen LogP contribution in [-0.4, -0.2) is 141 Å². The Morgan fingerprint density at radius 3 is 1.23 bits per heavy atom. The summed E-state index contributed by atoms with van der Waals surface area (Å²) in [6.45, 7) is 20.0. The fourth-order valence-electron chi connectivity index (χ4n) is 2.97. The number of hydrogen-bond donors (Lipinski definition) is 5. The lowest BCUT2D eigenvalue weighted by molar-refractivity contribution is -0.146. The quantitative estimate of drug-likeness (QED) is 0.118. The number of carboxylic acid groups (broad SMARTS) is 3. The van der Waals surface area contributed by atoms with Crippen molar-refractivity contribution in [3.05, 3.63) is 0 Å². The molecule has 53 heavy (non-hydrogen) atoms. The first-order valence-electron chi connectivity index (χ1n) is 18.9. The van der Waals surface area contributed by atoms with E-state index < -0.39 is 27.7 Å². The van der Waals surface area contributed by atoms with Crippen molar-refractivity contribution >= 4 is 33.7 Å². The predicted molar refractivity (Wildman–Crippen MR) is 219 cm³/mol. The van der Waals surface area contributed by atoms with Gasteiger partial charge in [0.05, 0.1) is 5.92 Å². The van der Waals surface area contributed by atoms with Gasteiger partial charge in [0.15, 0.2) is 0 Å². The maximum absolute atomic E-state index is 10.4. The number of nitrogens with zero attached hydrogens (tertiary/aromatic N) is 2. The molecule has 0 radical (unpaired) electrons. The van der Waals surface area contributed by atoms with Crippen molar-refractivity contribution in [2.45, 2.75) is 139 Å². The first kappa shape index (κ1) is 68.7. The topological polar surface area (TPSA) is 219 Å². The van der Waals surface area contributed by atoms with Crippen LogP contribution in [0.15, 0.2) is 0 Å². The van der Waals surface area contributed by atoms with Gasteiger partial charge in [-0.2, -0.15) is 0 Å². The predicted octanol–water partition coefficient (Wildman–Crippen LogP) is 6.56. The van der Waals surface area contributed by atoms with Crippen molar-refractivity contribution < 1.29 is 57.9 Å². The average Bonchev–Trinajstić information content (AvgIpc) is 3.04. The minimum absolute atomic E-state index is 0.0231. The molecule has 1 amide bonds. The summed E-state index contributed by atoms with van der Waals surface area (Å²) < 4.78 is 25.2. The molecule has 0 spiro atoms. The summed E-state index contributed by atoms with van der Waals surface area (Å²) in [4.78, 5) is 43.6. The minimum atomic E-state index is -2.67. The number of ether oxygens (including phenoxy) is 1. The Morgan fingerprint density at radius 1 is 0.717 bits per heavy atom. The Labute approximate surface area is 325 Å². The lowest BCUT2D eigenvalue weighted by atomic mass is 9.76. The number of carboxylic acids is 3. The van der Waals surface area contributed by atoms with E-state index in [1.807, 2.05) is 20.8 Å². The summed E-state index contributed by atoms with van der Waals surface area (Å²) in [5.41, 5.74) is 0. The third-order valence-electron chi connectivity index (χ3n) is 5.70. The second-order valence-electron chi connectivity index (χ2n) is 12.3. The number of aliphatic hydroxyl groups excluding tert-OH is 2. The second-order valence-corrected chi connectivity index (χ2v) is 14.6. The van der Waals surface area contributed by atoms with Crippen LogP contribution in [0.5, 0.6) is 0 Å². The van der Waals surface area contributed by atoms with Gasteiger partial charge >= 0.3 is 17.9 Å². The lowest BCUT2D eigenvalue weighted by Crippen LogP contribution is -2.28. The highest BCUT2D eigenvalue weighted by atomic mass is 32.2. The third-order valence-corrected chi connectivity index (χ3v) is 6.85. The zero-order valence-corrected chi connectivity index (χ0v) is 37.4. The van der Waals surface area contributed by atoms with Gasteiger partial charge in [-0.15, -0.1) is 0 Å². The molecule has 14 nitrogen and oxygen atoms in total. The first-order chi connectivity index (χ1) is 24.5. The van der Waals surface area contributed by atoms with Crippen LogP contribution in [-0.2, 0) is 33.8 Å². The number of methoxy groups -OCH3 is 1. The van der Waals surface area contributed by atoms with Crippen molar-refractivity contribution in [3.8, 4) is 0 Å². The third kappa shape index (κ3) is 106. The molecule has 0 bridgehead atoms. The molecule has 0 saturated heterocycles. The fraction of sp³-hybridized carbons (Fsp3) is 0.895. The van der Waals surface area contributed by atoms with E-state index in [-0.39, 0.29) is 24.9 Å². The SMILES string of the molecule is CC1CC(C(=O)O)C1.CCC(=O)N(C)C.CCC(=O)O.CCCCCC(=O)O.CCCN(C)C.CCCO.CCCOC.CCCS(C)(=O)=O.CCO. The molecule has 0 aromatic rings. The Bertz CT molecular complexity index is 846. The van der Waals surface area contributed by atoms with Crippen LogP contribution in [0.1, 0.15) is 139 Å². The molecule has 5 N–H and O–H groups in total. The molecule has 0 aromatic heterocycles. The summed E-state index contributed by atoms with van der Waals surface area (Å²) in [6.07, 6.45) is 11.1. The molecular formula is C38H86N2O12S. The van der Waals surface area contributed by atoms with E-state index in [1.54, 1.807) is 40.0 Å². The van der Waals surface area contributed by atoms with E-state index in [1.165, 1.54) is 19.2 Å². The molecule has 0 heterocycles. The summed E-state index contributed by atoms with van der Waals surface area (Å²) in [7, 11) is 6.72. The molecular weight excluding hydrogens is 708 g/mol. The number of amides is 1. The van der Waals surface area contributed by atoms with Crippen LogP contribution in [0.25, 0.3) is 0 Å². The van der Waals surface area contributed by atoms with E-state index in [0.717, 1.165) is 58.0 Å². The second kappa shape index (κ2) is 56.4. The lowest BCUT2D eigenvalue weighted by Gasteiger charge is -2.28. The maximum atomic E-state index is 10.4. The number of aliphatic carboxylic acids is 3. The number of carbonyl (C=O) groups is 4. The molecule has 1 aliphatic carbocycles. The van der Waals surface area contributed by atoms with Gasteiger partial charge in [0, 0.05) is 72.3 Å². The van der Waals surface area contributed by atoms with Crippen molar-refractivity contribution in [2.75, 3.05) is 73.7 Å². The molecule has 0 atom stereocenters. The Morgan fingerprint density at radius 2 is 1.15 bits per heavy atom. The van der Waals surface area contributed by atoms with Crippen LogP contribution in [0.3, 0.4) is 0 Å². The fourth-order valence-corrected chi connectivity index (χ4v) is 3.71. The van der Waals surface area contributed by atoms with E-state index in [2.05, 4.69) is 46.7 Å². The highest BCUT2D eigenvalue weighted by Gasteiger charge is 2.30. The maximum Gasteiger partial charge on any atom is 0.306 e. The highest BCUT2D eigenvalue weighted by molar-refractivity contribution is 7.90. The van der Waals surface area contributed by atoms with E-state index in [0.29, 0.717) is 31.1 Å². The van der Waals surface area contributed by atoms with Gasteiger partial charge in [-0.1, -0.05) is 68.2 Å². The summed E-state index contributed by atoms with van der Waals surface area (Å²) in [6, 6.07) is 0. The number of sulfone groups is 1. The number of carbonyl (C=O) groups excluding carboxylic acids is 1. The number of rotatable bonds is 14. The smallest absolute Gasteiger partial charge is 0.306 e. The van der Waals surface area contributed by atoms with Crippen molar-refractivity contribution in [3.63, 3.8) is 0 Å². The van der Waals surface area contributed by atoms with Gasteiger partial charge in [-0.3, -0.25) is 19.2 Å². The van der Waals surface area contributed by atoms with E-state index in [9.17, 15) is 27.6 Å². The molecule has 15 heteroatoms. The molecule has 0 unspecified atom stereocenters. The molecule has 1 aliphatic rings. The van der Waals surface area contributed by atoms with Crippen LogP contribution < -0.4 is 0 Å². The van der Waals surface area contributed by atoms with Crippen molar-refractivity contribution in [1.29, 1.82) is 0 Å². The number of unbranched alkanes of at least 4 members (excludes halogenated alkanes) is 2. The normalized spacial score (nSPS) is 13.0.